The van der Waals surface area contributed by atoms with Crippen LogP contribution in [-0.2, 0) is 6.54 Å². The van der Waals surface area contributed by atoms with E-state index in [1.807, 2.05) is 13.0 Å². The Morgan fingerprint density at radius 1 is 1.42 bits per heavy atom. The third-order valence-corrected chi connectivity index (χ3v) is 2.85. The summed E-state index contributed by atoms with van der Waals surface area (Å²) in [7, 11) is 0. The standard InChI is InChI=1S/C15H13FN2O/c1-2-15(19)13-3-4-18(10-13)9-12-5-11(8-17)6-14(16)7-12/h3-7,10H,2,9H2,1H3. The number of hydrogen-bond acceptors (Lipinski definition) is 2. The van der Waals surface area contributed by atoms with Crippen LogP contribution in [0.4, 0.5) is 4.39 Å². The van der Waals surface area contributed by atoms with Crippen LogP contribution in [-0.4, -0.2) is 10.4 Å². The van der Waals surface area contributed by atoms with Crippen molar-refractivity contribution in [2.24, 2.45) is 0 Å². The molecule has 0 aliphatic heterocycles. The van der Waals surface area contributed by atoms with Gasteiger partial charge in [-0.3, -0.25) is 4.79 Å². The van der Waals surface area contributed by atoms with Gasteiger partial charge >= 0.3 is 0 Å². The summed E-state index contributed by atoms with van der Waals surface area (Å²) in [4.78, 5) is 11.5. The Hall–Kier alpha value is -2.41. The zero-order chi connectivity index (χ0) is 13.8. The average molecular weight is 256 g/mol. The molecule has 0 radical (unpaired) electrons. The first-order valence-corrected chi connectivity index (χ1v) is 6.01. The van der Waals surface area contributed by atoms with E-state index in [-0.39, 0.29) is 5.78 Å². The van der Waals surface area contributed by atoms with E-state index in [2.05, 4.69) is 0 Å². The number of rotatable bonds is 4. The molecule has 4 heteroatoms. The Bertz CT molecular complexity index is 652. The molecule has 1 heterocycles. The van der Waals surface area contributed by atoms with Crippen LogP contribution in [0.1, 0.15) is 34.8 Å². The summed E-state index contributed by atoms with van der Waals surface area (Å²) in [6.07, 6.45) is 3.98. The van der Waals surface area contributed by atoms with Crippen molar-refractivity contribution < 1.29 is 9.18 Å². The van der Waals surface area contributed by atoms with E-state index in [9.17, 15) is 9.18 Å². The van der Waals surface area contributed by atoms with Gasteiger partial charge < -0.3 is 4.57 Å². The van der Waals surface area contributed by atoms with Crippen LogP contribution in [0.15, 0.2) is 36.7 Å². The highest BCUT2D eigenvalue weighted by Crippen LogP contribution is 2.12. The lowest BCUT2D eigenvalue weighted by molar-refractivity contribution is 0.0988. The van der Waals surface area contributed by atoms with Gasteiger partial charge in [-0.1, -0.05) is 6.92 Å². The molecule has 0 saturated carbocycles. The van der Waals surface area contributed by atoms with Gasteiger partial charge in [0.1, 0.15) is 5.82 Å². The minimum Gasteiger partial charge on any atom is -0.349 e. The normalized spacial score (nSPS) is 10.2. The van der Waals surface area contributed by atoms with Gasteiger partial charge in [-0.05, 0) is 29.8 Å². The predicted molar refractivity (Wildman–Crippen MR) is 69.3 cm³/mol. The zero-order valence-electron chi connectivity index (χ0n) is 10.6. The van der Waals surface area contributed by atoms with Crippen LogP contribution in [0.5, 0.6) is 0 Å². The molecule has 0 N–H and O–H groups in total. The molecule has 0 fully saturated rings. The number of aromatic nitrogens is 1. The number of benzene rings is 1. The lowest BCUT2D eigenvalue weighted by Crippen LogP contribution is -1.99. The summed E-state index contributed by atoms with van der Waals surface area (Å²) in [5.74, 6) is -0.346. The number of halogens is 1. The summed E-state index contributed by atoms with van der Waals surface area (Å²) in [6.45, 7) is 2.24. The topological polar surface area (TPSA) is 45.8 Å². The number of nitriles is 1. The van der Waals surface area contributed by atoms with Crippen molar-refractivity contribution in [2.75, 3.05) is 0 Å². The van der Waals surface area contributed by atoms with Crippen molar-refractivity contribution >= 4 is 5.78 Å². The van der Waals surface area contributed by atoms with Crippen LogP contribution in [0.25, 0.3) is 0 Å². The molecule has 19 heavy (non-hydrogen) atoms. The molecule has 1 aromatic carbocycles. The maximum Gasteiger partial charge on any atom is 0.164 e. The molecule has 0 aliphatic carbocycles. The van der Waals surface area contributed by atoms with Crippen molar-refractivity contribution in [1.29, 1.82) is 5.26 Å². The van der Waals surface area contributed by atoms with Gasteiger partial charge in [0, 0.05) is 30.9 Å². The Morgan fingerprint density at radius 3 is 2.89 bits per heavy atom. The first kappa shape index (κ1) is 13.0. The van der Waals surface area contributed by atoms with Gasteiger partial charge in [0.05, 0.1) is 11.6 Å². The molecule has 0 aliphatic rings. The largest absolute Gasteiger partial charge is 0.349 e. The summed E-state index contributed by atoms with van der Waals surface area (Å²) in [5.41, 5.74) is 1.65. The van der Waals surface area contributed by atoms with Gasteiger partial charge in [-0.15, -0.1) is 0 Å². The van der Waals surface area contributed by atoms with Gasteiger partial charge in [-0.25, -0.2) is 4.39 Å². The molecule has 96 valence electrons. The number of nitrogens with zero attached hydrogens (tertiary/aromatic N) is 2. The molecule has 0 spiro atoms. The van der Waals surface area contributed by atoms with E-state index in [1.165, 1.54) is 12.1 Å². The Labute approximate surface area is 110 Å². The molecule has 0 atom stereocenters. The Balaban J connectivity index is 2.22. The average Bonchev–Trinajstić information content (AvgIpc) is 2.85. The van der Waals surface area contributed by atoms with E-state index in [4.69, 9.17) is 5.26 Å². The minimum absolute atomic E-state index is 0.0794. The monoisotopic (exact) mass is 256 g/mol. The molecule has 2 rings (SSSR count). The van der Waals surface area contributed by atoms with Crippen molar-refractivity contribution in [1.82, 2.24) is 4.57 Å². The second-order valence-corrected chi connectivity index (χ2v) is 4.31. The fourth-order valence-corrected chi connectivity index (χ4v) is 1.93. The zero-order valence-corrected chi connectivity index (χ0v) is 10.6. The molecule has 0 saturated heterocycles. The maximum absolute atomic E-state index is 13.3. The van der Waals surface area contributed by atoms with Gasteiger partial charge in [-0.2, -0.15) is 5.26 Å². The molecule has 2 aromatic rings. The molecular weight excluding hydrogens is 243 g/mol. The van der Waals surface area contributed by atoms with Crippen LogP contribution < -0.4 is 0 Å². The van der Waals surface area contributed by atoms with Crippen LogP contribution in [0, 0.1) is 17.1 Å². The van der Waals surface area contributed by atoms with Crippen molar-refractivity contribution in [3.05, 3.63) is 59.2 Å². The van der Waals surface area contributed by atoms with Gasteiger partial charge in [0.2, 0.25) is 0 Å². The van der Waals surface area contributed by atoms with Crippen molar-refractivity contribution in [3.8, 4) is 6.07 Å². The fraction of sp³-hybridized carbons (Fsp3) is 0.200. The summed E-state index contributed by atoms with van der Waals surface area (Å²) < 4.78 is 15.1. The third-order valence-electron chi connectivity index (χ3n) is 2.85. The Kier molecular flexibility index (Phi) is 3.76. The highest BCUT2D eigenvalue weighted by molar-refractivity contribution is 5.95. The van der Waals surface area contributed by atoms with E-state index >= 15 is 0 Å². The van der Waals surface area contributed by atoms with Crippen molar-refractivity contribution in [2.45, 2.75) is 19.9 Å². The maximum atomic E-state index is 13.3. The van der Waals surface area contributed by atoms with Crippen LogP contribution in [0.3, 0.4) is 0 Å². The second kappa shape index (κ2) is 5.49. The number of ketones is 1. The minimum atomic E-state index is -0.425. The smallest absolute Gasteiger partial charge is 0.164 e. The summed E-state index contributed by atoms with van der Waals surface area (Å²) >= 11 is 0. The van der Waals surface area contributed by atoms with Crippen LogP contribution >= 0.6 is 0 Å². The number of carbonyl (C=O) groups excluding carboxylic acids is 1. The first-order valence-electron chi connectivity index (χ1n) is 6.01. The van der Waals surface area contributed by atoms with Gasteiger partial charge in [0.25, 0.3) is 0 Å². The number of carbonyl (C=O) groups is 1. The lowest BCUT2D eigenvalue weighted by atomic mass is 10.1. The number of Topliss-reactive ketones (excluding diaryl/α,β-unsaturated/α-hetero) is 1. The van der Waals surface area contributed by atoms with E-state index in [0.29, 0.717) is 29.7 Å². The molecule has 0 bridgehead atoms. The van der Waals surface area contributed by atoms with Gasteiger partial charge in [0.15, 0.2) is 5.78 Å². The molecule has 0 unspecified atom stereocenters. The summed E-state index contributed by atoms with van der Waals surface area (Å²) in [6, 6.07) is 7.90. The van der Waals surface area contributed by atoms with Crippen LogP contribution in [0.2, 0.25) is 0 Å². The molecule has 3 nitrogen and oxygen atoms in total. The third kappa shape index (κ3) is 3.08. The highest BCUT2D eigenvalue weighted by atomic mass is 19.1. The molecule has 1 aromatic heterocycles. The first-order chi connectivity index (χ1) is 9.12. The van der Waals surface area contributed by atoms with Crippen molar-refractivity contribution in [3.63, 3.8) is 0 Å². The van der Waals surface area contributed by atoms with E-state index in [1.54, 1.807) is 29.1 Å². The lowest BCUT2D eigenvalue weighted by Gasteiger charge is -2.04. The fourth-order valence-electron chi connectivity index (χ4n) is 1.93. The quantitative estimate of drug-likeness (QED) is 0.789. The SMILES string of the molecule is CCC(=O)c1ccn(Cc2cc(F)cc(C#N)c2)c1. The number of hydrogen-bond donors (Lipinski definition) is 0. The van der Waals surface area contributed by atoms with E-state index < -0.39 is 5.82 Å². The second-order valence-electron chi connectivity index (χ2n) is 4.31. The predicted octanol–water partition coefficient (Wildman–Crippen LogP) is 3.14. The van der Waals surface area contributed by atoms with E-state index in [0.717, 1.165) is 0 Å². The highest BCUT2D eigenvalue weighted by Gasteiger charge is 2.06. The molecule has 0 amide bonds. The molecular formula is C15H13FN2O. The summed E-state index contributed by atoms with van der Waals surface area (Å²) in [5, 5.41) is 8.79. The Morgan fingerprint density at radius 2 is 2.21 bits per heavy atom.